The molecule has 0 atom stereocenters. The standard InChI is InChI=1S/C63H39N3/c1-64-51-33-30-43(31-34-51)48-16-11-17-50(38-48)60-40-61(66-63(65-60)47-13-3-2-4-14-47)57-37-36-53(55-20-9-10-21-56(55)57)45-26-22-41(23-27-45)42-24-28-46(29-25-42)62-54-19-8-6-15-49(54)39-59-52-18-7-5-12-44(52)32-35-58(59)62/h2-40H. The molecule has 0 bridgehead atoms. The molecule has 306 valence electrons. The molecule has 12 aromatic rings. The molecule has 12 rings (SSSR count). The van der Waals surface area contributed by atoms with Crippen molar-refractivity contribution >= 4 is 48.8 Å². The molecule has 0 spiro atoms. The van der Waals surface area contributed by atoms with Crippen molar-refractivity contribution in [3.05, 3.63) is 248 Å². The van der Waals surface area contributed by atoms with Crippen molar-refractivity contribution in [2.75, 3.05) is 0 Å². The highest BCUT2D eigenvalue weighted by molar-refractivity contribution is 6.20. The minimum absolute atomic E-state index is 0.625. The molecule has 0 aliphatic rings. The van der Waals surface area contributed by atoms with Crippen molar-refractivity contribution in [1.29, 1.82) is 0 Å². The van der Waals surface area contributed by atoms with Gasteiger partial charge >= 0.3 is 0 Å². The van der Waals surface area contributed by atoms with Crippen molar-refractivity contribution in [2.24, 2.45) is 0 Å². The van der Waals surface area contributed by atoms with Crippen LogP contribution >= 0.6 is 0 Å². The van der Waals surface area contributed by atoms with Crippen LogP contribution in [0.25, 0.3) is 126 Å². The third-order valence-electron chi connectivity index (χ3n) is 12.9. The van der Waals surface area contributed by atoms with Gasteiger partial charge in [0.25, 0.3) is 0 Å². The topological polar surface area (TPSA) is 30.1 Å². The van der Waals surface area contributed by atoms with Crippen LogP contribution in [0.15, 0.2) is 237 Å². The average Bonchev–Trinajstić information content (AvgIpc) is 3.40. The predicted molar refractivity (Wildman–Crippen MR) is 276 cm³/mol. The fourth-order valence-electron chi connectivity index (χ4n) is 9.61. The van der Waals surface area contributed by atoms with Crippen LogP contribution in [0.3, 0.4) is 0 Å². The van der Waals surface area contributed by atoms with E-state index < -0.39 is 0 Å². The highest BCUT2D eigenvalue weighted by Gasteiger charge is 2.17. The molecule has 0 aliphatic carbocycles. The molecule has 1 heterocycles. The highest BCUT2D eigenvalue weighted by atomic mass is 14.9. The zero-order chi connectivity index (χ0) is 44.0. The van der Waals surface area contributed by atoms with E-state index in [1.165, 1.54) is 60.1 Å². The fourth-order valence-corrected chi connectivity index (χ4v) is 9.61. The molecule has 11 aromatic carbocycles. The molecule has 0 unspecified atom stereocenters. The Morgan fingerprint density at radius 3 is 1.58 bits per heavy atom. The van der Waals surface area contributed by atoms with Gasteiger partial charge in [-0.3, -0.25) is 0 Å². The number of hydrogen-bond acceptors (Lipinski definition) is 2. The van der Waals surface area contributed by atoms with Crippen LogP contribution in [0, 0.1) is 6.57 Å². The van der Waals surface area contributed by atoms with Gasteiger partial charge in [0.2, 0.25) is 0 Å². The molecule has 0 amide bonds. The van der Waals surface area contributed by atoms with Crippen molar-refractivity contribution in [3.63, 3.8) is 0 Å². The Morgan fingerprint density at radius 1 is 0.288 bits per heavy atom. The minimum Gasteiger partial charge on any atom is -0.238 e. The van der Waals surface area contributed by atoms with Gasteiger partial charge in [-0.2, -0.15) is 0 Å². The van der Waals surface area contributed by atoms with E-state index in [2.05, 4.69) is 199 Å². The maximum atomic E-state index is 7.37. The van der Waals surface area contributed by atoms with Crippen LogP contribution in [0.5, 0.6) is 0 Å². The maximum Gasteiger partial charge on any atom is 0.187 e. The first-order valence-electron chi connectivity index (χ1n) is 22.2. The third-order valence-corrected chi connectivity index (χ3v) is 12.9. The summed E-state index contributed by atoms with van der Waals surface area (Å²) in [6.45, 7) is 7.37. The van der Waals surface area contributed by atoms with Gasteiger partial charge in [0.1, 0.15) is 0 Å². The Labute approximate surface area is 383 Å². The normalized spacial score (nSPS) is 11.3. The van der Waals surface area contributed by atoms with Crippen LogP contribution in [0.1, 0.15) is 0 Å². The molecular weight excluding hydrogens is 799 g/mol. The van der Waals surface area contributed by atoms with Gasteiger partial charge in [-0.05, 0) is 106 Å². The summed E-state index contributed by atoms with van der Waals surface area (Å²) in [5.74, 6) is 0.672. The smallest absolute Gasteiger partial charge is 0.187 e. The van der Waals surface area contributed by atoms with Crippen molar-refractivity contribution in [1.82, 2.24) is 9.97 Å². The summed E-state index contributed by atoms with van der Waals surface area (Å²) in [7, 11) is 0. The first-order valence-corrected chi connectivity index (χ1v) is 22.2. The molecule has 66 heavy (non-hydrogen) atoms. The van der Waals surface area contributed by atoms with Crippen molar-refractivity contribution in [3.8, 4) is 78.4 Å². The SMILES string of the molecule is [C-]#[N+]c1ccc(-c2cccc(-c3cc(-c4ccc(-c5ccc(-c6ccc(-c7c8ccccc8cc8c7ccc7ccccc78)cc6)cc5)c5ccccc45)nc(-c4ccccc4)n3)c2)cc1. The molecule has 0 radical (unpaired) electrons. The maximum absolute atomic E-state index is 7.37. The number of fused-ring (bicyclic) bond motifs is 5. The van der Waals surface area contributed by atoms with Crippen LogP contribution < -0.4 is 0 Å². The molecule has 0 saturated carbocycles. The van der Waals surface area contributed by atoms with Gasteiger partial charge < -0.3 is 0 Å². The minimum atomic E-state index is 0.625. The van der Waals surface area contributed by atoms with E-state index in [4.69, 9.17) is 16.5 Å². The van der Waals surface area contributed by atoms with Gasteiger partial charge in [0.15, 0.2) is 11.5 Å². The van der Waals surface area contributed by atoms with E-state index in [0.717, 1.165) is 55.5 Å². The quantitative estimate of drug-likeness (QED) is 0.0909. The second-order valence-corrected chi connectivity index (χ2v) is 16.8. The summed E-state index contributed by atoms with van der Waals surface area (Å²) in [5, 5.41) is 9.88. The second-order valence-electron chi connectivity index (χ2n) is 16.8. The van der Waals surface area contributed by atoms with Crippen LogP contribution in [0.4, 0.5) is 5.69 Å². The Hall–Kier alpha value is -8.97. The highest BCUT2D eigenvalue weighted by Crippen LogP contribution is 2.41. The zero-order valence-electron chi connectivity index (χ0n) is 35.9. The summed E-state index contributed by atoms with van der Waals surface area (Å²) in [6, 6.07) is 83.9. The summed E-state index contributed by atoms with van der Waals surface area (Å²) >= 11 is 0. The lowest BCUT2D eigenvalue weighted by molar-refractivity contribution is 1.18. The summed E-state index contributed by atoms with van der Waals surface area (Å²) in [6.07, 6.45) is 0. The zero-order valence-corrected chi connectivity index (χ0v) is 35.9. The van der Waals surface area contributed by atoms with Gasteiger partial charge in [0, 0.05) is 16.7 Å². The first-order chi connectivity index (χ1) is 32.6. The van der Waals surface area contributed by atoms with Crippen LogP contribution in [-0.4, -0.2) is 9.97 Å². The van der Waals surface area contributed by atoms with Crippen LogP contribution in [0.2, 0.25) is 0 Å². The molecule has 3 heteroatoms. The van der Waals surface area contributed by atoms with Crippen molar-refractivity contribution in [2.45, 2.75) is 0 Å². The summed E-state index contributed by atoms with van der Waals surface area (Å²) < 4.78 is 0. The van der Waals surface area contributed by atoms with E-state index in [-0.39, 0.29) is 0 Å². The number of nitrogens with zero attached hydrogens (tertiary/aromatic N) is 3. The Morgan fingerprint density at radius 2 is 0.833 bits per heavy atom. The average molecular weight is 838 g/mol. The molecule has 0 aliphatic heterocycles. The molecule has 1 aromatic heterocycles. The lowest BCUT2D eigenvalue weighted by Gasteiger charge is -2.15. The van der Waals surface area contributed by atoms with Gasteiger partial charge in [-0.25, -0.2) is 14.8 Å². The number of benzene rings is 11. The largest absolute Gasteiger partial charge is 0.238 e. The Balaban J connectivity index is 0.895. The number of rotatable bonds is 7. The molecule has 3 nitrogen and oxygen atoms in total. The number of aromatic nitrogens is 2. The van der Waals surface area contributed by atoms with E-state index >= 15 is 0 Å². The first kappa shape index (κ1) is 38.7. The third kappa shape index (κ3) is 6.95. The van der Waals surface area contributed by atoms with E-state index in [0.29, 0.717) is 11.5 Å². The summed E-state index contributed by atoms with van der Waals surface area (Å²) in [4.78, 5) is 13.9. The molecule has 0 fully saturated rings. The molecular formula is C63H39N3. The number of hydrogen-bond donors (Lipinski definition) is 0. The van der Waals surface area contributed by atoms with E-state index in [1.54, 1.807) is 0 Å². The van der Waals surface area contributed by atoms with Crippen LogP contribution in [-0.2, 0) is 0 Å². The van der Waals surface area contributed by atoms with Gasteiger partial charge in [-0.15, -0.1) is 0 Å². The van der Waals surface area contributed by atoms with Gasteiger partial charge in [0.05, 0.1) is 18.0 Å². The van der Waals surface area contributed by atoms with E-state index in [1.807, 2.05) is 42.5 Å². The molecule has 0 saturated heterocycles. The second kappa shape index (κ2) is 16.3. The van der Waals surface area contributed by atoms with E-state index in [9.17, 15) is 0 Å². The summed E-state index contributed by atoms with van der Waals surface area (Å²) in [5.41, 5.74) is 14.6. The van der Waals surface area contributed by atoms with Gasteiger partial charge in [-0.1, -0.05) is 218 Å². The predicted octanol–water partition coefficient (Wildman–Crippen LogP) is 17.3. The Kier molecular flexibility index (Phi) is 9.55. The fraction of sp³-hybridized carbons (Fsp3) is 0. The molecule has 0 N–H and O–H groups in total. The monoisotopic (exact) mass is 837 g/mol. The lowest BCUT2D eigenvalue weighted by atomic mass is 9.89. The Bertz CT molecular complexity index is 3850. The van der Waals surface area contributed by atoms with Crippen molar-refractivity contribution < 1.29 is 0 Å². The lowest BCUT2D eigenvalue weighted by Crippen LogP contribution is -1.97.